The second-order valence-corrected chi connectivity index (χ2v) is 7.33. The SMILES string of the molecule is CCCCN1C(=O)C(c2ccc(OCC)cc2)=C(N2CCc3ccccc32)C1=O. The Bertz CT molecular complexity index is 962. The summed E-state index contributed by atoms with van der Waals surface area (Å²) in [5.74, 6) is 0.362. The van der Waals surface area contributed by atoms with Crippen LogP contribution < -0.4 is 9.64 Å². The van der Waals surface area contributed by atoms with Gasteiger partial charge >= 0.3 is 0 Å². The summed E-state index contributed by atoms with van der Waals surface area (Å²) in [6.45, 7) is 5.73. The number of hydrogen-bond donors (Lipinski definition) is 0. The number of unbranched alkanes of at least 4 members (excludes halogenated alkanes) is 1. The van der Waals surface area contributed by atoms with Gasteiger partial charge in [0.05, 0.1) is 12.2 Å². The molecule has 0 radical (unpaired) electrons. The number of fused-ring (bicyclic) bond motifs is 1. The van der Waals surface area contributed by atoms with Crippen molar-refractivity contribution in [2.45, 2.75) is 33.1 Å². The van der Waals surface area contributed by atoms with Gasteiger partial charge < -0.3 is 9.64 Å². The van der Waals surface area contributed by atoms with Gasteiger partial charge in [0.1, 0.15) is 11.4 Å². The number of anilines is 1. The highest BCUT2D eigenvalue weighted by molar-refractivity contribution is 6.36. The van der Waals surface area contributed by atoms with E-state index in [1.54, 1.807) is 0 Å². The fraction of sp³-hybridized carbons (Fsp3) is 0.333. The molecule has 2 aromatic rings. The Hall–Kier alpha value is -3.08. The molecule has 2 aromatic carbocycles. The van der Waals surface area contributed by atoms with E-state index in [0.717, 1.165) is 36.3 Å². The number of rotatable bonds is 7. The molecule has 2 heterocycles. The van der Waals surface area contributed by atoms with Crippen LogP contribution in [0.25, 0.3) is 5.57 Å². The number of carbonyl (C=O) groups is 2. The first kappa shape index (κ1) is 19.2. The molecule has 0 atom stereocenters. The summed E-state index contributed by atoms with van der Waals surface area (Å²) in [5, 5.41) is 0. The van der Waals surface area contributed by atoms with Crippen molar-refractivity contribution < 1.29 is 14.3 Å². The van der Waals surface area contributed by atoms with Crippen molar-refractivity contribution in [1.82, 2.24) is 4.90 Å². The van der Waals surface area contributed by atoms with E-state index in [1.807, 2.05) is 54.3 Å². The van der Waals surface area contributed by atoms with E-state index < -0.39 is 0 Å². The summed E-state index contributed by atoms with van der Waals surface area (Å²) < 4.78 is 5.53. The minimum absolute atomic E-state index is 0.191. The minimum Gasteiger partial charge on any atom is -0.494 e. The van der Waals surface area contributed by atoms with Gasteiger partial charge in [0.15, 0.2) is 0 Å². The maximum absolute atomic E-state index is 13.4. The summed E-state index contributed by atoms with van der Waals surface area (Å²) in [6, 6.07) is 15.6. The molecule has 2 aliphatic rings. The molecule has 150 valence electrons. The van der Waals surface area contributed by atoms with Gasteiger partial charge in [0.2, 0.25) is 0 Å². The van der Waals surface area contributed by atoms with Gasteiger partial charge in [0.25, 0.3) is 11.8 Å². The smallest absolute Gasteiger partial charge is 0.278 e. The summed E-state index contributed by atoms with van der Waals surface area (Å²) in [5.41, 5.74) is 3.97. The molecule has 0 fully saturated rings. The fourth-order valence-corrected chi connectivity index (χ4v) is 4.05. The van der Waals surface area contributed by atoms with Crippen LogP contribution in [0.1, 0.15) is 37.8 Å². The molecule has 0 aliphatic carbocycles. The molecule has 0 aromatic heterocycles. The van der Waals surface area contributed by atoms with Crippen molar-refractivity contribution in [1.29, 1.82) is 0 Å². The monoisotopic (exact) mass is 390 g/mol. The van der Waals surface area contributed by atoms with Gasteiger partial charge in [-0.05, 0) is 49.1 Å². The molecule has 0 bridgehead atoms. The van der Waals surface area contributed by atoms with Crippen molar-refractivity contribution in [2.24, 2.45) is 0 Å². The third kappa shape index (κ3) is 3.41. The Labute approximate surface area is 171 Å². The molecule has 29 heavy (non-hydrogen) atoms. The lowest BCUT2D eigenvalue weighted by Gasteiger charge is -2.21. The zero-order valence-electron chi connectivity index (χ0n) is 17.0. The number of benzene rings is 2. The molecule has 4 rings (SSSR count). The molecule has 0 unspecified atom stereocenters. The number of imide groups is 1. The summed E-state index contributed by atoms with van der Waals surface area (Å²) in [7, 11) is 0. The average molecular weight is 390 g/mol. The average Bonchev–Trinajstić information content (AvgIpc) is 3.26. The molecular formula is C24H26N2O3. The van der Waals surface area contributed by atoms with Crippen molar-refractivity contribution in [2.75, 3.05) is 24.6 Å². The Balaban J connectivity index is 1.79. The maximum atomic E-state index is 13.4. The first-order chi connectivity index (χ1) is 14.2. The number of ether oxygens (including phenoxy) is 1. The van der Waals surface area contributed by atoms with E-state index in [9.17, 15) is 9.59 Å². The highest BCUT2D eigenvalue weighted by Gasteiger charge is 2.42. The maximum Gasteiger partial charge on any atom is 0.278 e. The quantitative estimate of drug-likeness (QED) is 0.670. The predicted molar refractivity (Wildman–Crippen MR) is 114 cm³/mol. The fourth-order valence-electron chi connectivity index (χ4n) is 4.05. The Morgan fingerprint density at radius 2 is 1.72 bits per heavy atom. The molecule has 2 amide bonds. The lowest BCUT2D eigenvalue weighted by atomic mass is 10.0. The van der Waals surface area contributed by atoms with Gasteiger partial charge in [-0.2, -0.15) is 0 Å². The molecule has 0 spiro atoms. The van der Waals surface area contributed by atoms with E-state index in [0.29, 0.717) is 31.0 Å². The Morgan fingerprint density at radius 3 is 2.45 bits per heavy atom. The topological polar surface area (TPSA) is 49.9 Å². The van der Waals surface area contributed by atoms with Crippen LogP contribution in [-0.2, 0) is 16.0 Å². The van der Waals surface area contributed by atoms with Crippen LogP contribution in [-0.4, -0.2) is 36.4 Å². The molecule has 2 aliphatic heterocycles. The van der Waals surface area contributed by atoms with Crippen LogP contribution in [0.2, 0.25) is 0 Å². The number of para-hydroxylation sites is 1. The highest BCUT2D eigenvalue weighted by Crippen LogP contribution is 2.38. The largest absolute Gasteiger partial charge is 0.494 e. The lowest BCUT2D eigenvalue weighted by Crippen LogP contribution is -2.35. The summed E-state index contributed by atoms with van der Waals surface area (Å²) >= 11 is 0. The van der Waals surface area contributed by atoms with Gasteiger partial charge in [0, 0.05) is 18.8 Å². The zero-order chi connectivity index (χ0) is 20.4. The van der Waals surface area contributed by atoms with Crippen molar-refractivity contribution in [3.8, 4) is 5.75 Å². The van der Waals surface area contributed by atoms with E-state index in [-0.39, 0.29) is 11.8 Å². The van der Waals surface area contributed by atoms with Crippen LogP contribution >= 0.6 is 0 Å². The lowest BCUT2D eigenvalue weighted by molar-refractivity contribution is -0.136. The first-order valence-corrected chi connectivity index (χ1v) is 10.3. The van der Waals surface area contributed by atoms with E-state index in [1.165, 1.54) is 10.5 Å². The Morgan fingerprint density at radius 1 is 0.966 bits per heavy atom. The third-order valence-electron chi connectivity index (χ3n) is 5.49. The van der Waals surface area contributed by atoms with E-state index >= 15 is 0 Å². The Kier molecular flexibility index (Phi) is 5.38. The van der Waals surface area contributed by atoms with Gasteiger partial charge in [-0.25, -0.2) is 0 Å². The normalized spacial score (nSPS) is 16.1. The number of carbonyl (C=O) groups excluding carboxylic acids is 2. The third-order valence-corrected chi connectivity index (χ3v) is 5.49. The van der Waals surface area contributed by atoms with E-state index in [4.69, 9.17) is 4.74 Å². The first-order valence-electron chi connectivity index (χ1n) is 10.3. The molecule has 0 saturated heterocycles. The molecule has 0 saturated carbocycles. The minimum atomic E-state index is -0.202. The second-order valence-electron chi connectivity index (χ2n) is 7.33. The van der Waals surface area contributed by atoms with Crippen LogP contribution in [0.4, 0.5) is 5.69 Å². The van der Waals surface area contributed by atoms with Gasteiger partial charge in [-0.1, -0.05) is 43.7 Å². The standard InChI is InChI=1S/C24H26N2O3/c1-3-5-15-26-23(27)21(18-10-12-19(13-11-18)29-4-2)22(24(26)28)25-16-14-17-8-6-7-9-20(17)25/h6-13H,3-5,14-16H2,1-2H3. The highest BCUT2D eigenvalue weighted by atomic mass is 16.5. The molecular weight excluding hydrogens is 364 g/mol. The van der Waals surface area contributed by atoms with Crippen molar-refractivity contribution in [3.05, 3.63) is 65.4 Å². The molecule has 0 N–H and O–H groups in total. The second kappa shape index (κ2) is 8.11. The van der Waals surface area contributed by atoms with Crippen LogP contribution in [0.15, 0.2) is 54.2 Å². The van der Waals surface area contributed by atoms with Gasteiger partial charge in [-0.3, -0.25) is 14.5 Å². The zero-order valence-corrected chi connectivity index (χ0v) is 17.0. The molecule has 5 nitrogen and oxygen atoms in total. The van der Waals surface area contributed by atoms with Gasteiger partial charge in [-0.15, -0.1) is 0 Å². The van der Waals surface area contributed by atoms with Crippen LogP contribution in [0.3, 0.4) is 0 Å². The van der Waals surface area contributed by atoms with Crippen molar-refractivity contribution in [3.63, 3.8) is 0 Å². The van der Waals surface area contributed by atoms with Crippen LogP contribution in [0, 0.1) is 0 Å². The van der Waals surface area contributed by atoms with Crippen LogP contribution in [0.5, 0.6) is 5.75 Å². The summed E-state index contributed by atoms with van der Waals surface area (Å²) in [6.07, 6.45) is 2.60. The number of nitrogens with zero attached hydrogens (tertiary/aromatic N) is 2. The number of amides is 2. The predicted octanol–water partition coefficient (Wildman–Crippen LogP) is 4.03. The van der Waals surface area contributed by atoms with E-state index in [2.05, 4.69) is 13.0 Å². The summed E-state index contributed by atoms with van der Waals surface area (Å²) in [4.78, 5) is 30.1. The van der Waals surface area contributed by atoms with Crippen molar-refractivity contribution >= 4 is 23.1 Å². The number of hydrogen-bond acceptors (Lipinski definition) is 4. The molecule has 5 heteroatoms.